The first-order chi connectivity index (χ1) is 10.3. The van der Waals surface area contributed by atoms with Crippen molar-refractivity contribution in [3.63, 3.8) is 0 Å². The second-order valence-corrected chi connectivity index (χ2v) is 5.78. The average molecular weight is 285 g/mol. The first kappa shape index (κ1) is 14.3. The van der Waals surface area contributed by atoms with Crippen LogP contribution in [0.1, 0.15) is 30.4 Å². The molecule has 1 saturated carbocycles. The Bertz CT molecular complexity index is 552. The summed E-state index contributed by atoms with van der Waals surface area (Å²) in [4.78, 5) is 0. The molecule has 1 heterocycles. The lowest BCUT2D eigenvalue weighted by molar-refractivity contribution is 0.107. The lowest BCUT2D eigenvalue weighted by Gasteiger charge is -2.11. The lowest BCUT2D eigenvalue weighted by atomic mass is 10.2. The van der Waals surface area contributed by atoms with Crippen molar-refractivity contribution in [2.45, 2.75) is 44.5 Å². The van der Waals surface area contributed by atoms with Gasteiger partial charge in [0.15, 0.2) is 0 Å². The molecule has 1 aliphatic carbocycles. The van der Waals surface area contributed by atoms with Crippen molar-refractivity contribution >= 4 is 0 Å². The van der Waals surface area contributed by atoms with Crippen molar-refractivity contribution in [2.24, 2.45) is 0 Å². The van der Waals surface area contributed by atoms with Gasteiger partial charge in [-0.1, -0.05) is 30.3 Å². The van der Waals surface area contributed by atoms with Crippen LogP contribution in [0, 0.1) is 0 Å². The van der Waals surface area contributed by atoms with Crippen LogP contribution >= 0.6 is 0 Å². The van der Waals surface area contributed by atoms with Gasteiger partial charge in [-0.25, -0.2) is 0 Å². The minimum atomic E-state index is 0.434. The summed E-state index contributed by atoms with van der Waals surface area (Å²) >= 11 is 0. The number of hydrogen-bond acceptors (Lipinski definition) is 3. The molecular formula is C17H23N3O. The summed E-state index contributed by atoms with van der Waals surface area (Å²) in [7, 11) is 1.81. The minimum Gasteiger partial charge on any atom is -0.381 e. The molecular weight excluding hydrogens is 262 g/mol. The highest BCUT2D eigenvalue weighted by atomic mass is 16.5. The number of methoxy groups -OCH3 is 1. The number of aromatic nitrogens is 2. The van der Waals surface area contributed by atoms with Gasteiger partial charge in [0.2, 0.25) is 0 Å². The maximum atomic E-state index is 5.41. The number of ether oxygens (including phenoxy) is 1. The van der Waals surface area contributed by atoms with Crippen LogP contribution in [0.25, 0.3) is 0 Å². The molecule has 2 unspecified atom stereocenters. The van der Waals surface area contributed by atoms with Crippen molar-refractivity contribution in [1.82, 2.24) is 15.1 Å². The van der Waals surface area contributed by atoms with E-state index in [4.69, 9.17) is 4.74 Å². The minimum absolute atomic E-state index is 0.434. The number of rotatable bonds is 6. The van der Waals surface area contributed by atoms with E-state index in [1.807, 2.05) is 16.9 Å². The molecule has 1 aromatic carbocycles. The molecule has 1 N–H and O–H groups in total. The zero-order valence-corrected chi connectivity index (χ0v) is 12.5. The third-order valence-corrected chi connectivity index (χ3v) is 4.19. The molecule has 3 rings (SSSR count). The maximum Gasteiger partial charge on any atom is 0.0659 e. The van der Waals surface area contributed by atoms with E-state index in [0.29, 0.717) is 12.1 Å². The Labute approximate surface area is 126 Å². The normalized spacial score (nSPS) is 21.8. The highest BCUT2D eigenvalue weighted by Crippen LogP contribution is 2.21. The van der Waals surface area contributed by atoms with Crippen molar-refractivity contribution in [2.75, 3.05) is 7.11 Å². The van der Waals surface area contributed by atoms with E-state index in [1.165, 1.54) is 24.0 Å². The lowest BCUT2D eigenvalue weighted by Crippen LogP contribution is -2.26. The SMILES string of the molecule is COC1CCC(NCc2cnn(Cc3ccccc3)c2)C1. The first-order valence-corrected chi connectivity index (χ1v) is 7.65. The third kappa shape index (κ3) is 3.93. The summed E-state index contributed by atoms with van der Waals surface area (Å²) < 4.78 is 7.41. The van der Waals surface area contributed by atoms with Crippen LogP contribution in [-0.4, -0.2) is 29.0 Å². The van der Waals surface area contributed by atoms with Gasteiger partial charge in [0.25, 0.3) is 0 Å². The Morgan fingerprint density at radius 1 is 1.24 bits per heavy atom. The summed E-state index contributed by atoms with van der Waals surface area (Å²) in [6.45, 7) is 1.71. The molecule has 2 atom stereocenters. The average Bonchev–Trinajstić information content (AvgIpc) is 3.15. The zero-order valence-electron chi connectivity index (χ0n) is 12.5. The summed E-state index contributed by atoms with van der Waals surface area (Å²) in [5, 5.41) is 8.05. The van der Waals surface area contributed by atoms with E-state index < -0.39 is 0 Å². The third-order valence-electron chi connectivity index (χ3n) is 4.19. The highest BCUT2D eigenvalue weighted by Gasteiger charge is 2.23. The standard InChI is InChI=1S/C17H23N3O/c1-21-17-8-7-16(9-17)18-10-15-11-19-20(13-15)12-14-5-3-2-4-6-14/h2-6,11,13,16-18H,7-10,12H2,1H3. The van der Waals surface area contributed by atoms with Gasteiger partial charge in [0, 0.05) is 31.5 Å². The Kier molecular flexibility index (Phi) is 4.68. The quantitative estimate of drug-likeness (QED) is 0.886. The molecule has 4 heteroatoms. The first-order valence-electron chi connectivity index (χ1n) is 7.65. The van der Waals surface area contributed by atoms with Crippen molar-refractivity contribution < 1.29 is 4.74 Å². The van der Waals surface area contributed by atoms with Crippen molar-refractivity contribution in [3.05, 3.63) is 53.9 Å². The van der Waals surface area contributed by atoms with Gasteiger partial charge in [0.1, 0.15) is 0 Å². The van der Waals surface area contributed by atoms with Gasteiger partial charge in [-0.2, -0.15) is 5.10 Å². The fraction of sp³-hybridized carbons (Fsp3) is 0.471. The predicted octanol–water partition coefficient (Wildman–Crippen LogP) is 2.59. The largest absolute Gasteiger partial charge is 0.381 e. The summed E-state index contributed by atoms with van der Waals surface area (Å²) in [5.41, 5.74) is 2.52. The molecule has 0 spiro atoms. The number of hydrogen-bond donors (Lipinski definition) is 1. The van der Waals surface area contributed by atoms with E-state index in [9.17, 15) is 0 Å². The molecule has 2 aromatic rings. The summed E-state index contributed by atoms with van der Waals surface area (Å²) in [6.07, 6.45) is 8.01. The van der Waals surface area contributed by atoms with Crippen LogP contribution in [0.4, 0.5) is 0 Å². The van der Waals surface area contributed by atoms with E-state index in [2.05, 4.69) is 40.9 Å². The number of nitrogens with zero attached hydrogens (tertiary/aromatic N) is 2. The predicted molar refractivity (Wildman–Crippen MR) is 83.0 cm³/mol. The molecule has 0 radical (unpaired) electrons. The molecule has 1 aliphatic rings. The van der Waals surface area contributed by atoms with Crippen molar-refractivity contribution in [3.8, 4) is 0 Å². The molecule has 0 bridgehead atoms. The molecule has 1 aromatic heterocycles. The second kappa shape index (κ2) is 6.87. The molecule has 0 saturated heterocycles. The van der Waals surface area contributed by atoms with Crippen LogP contribution in [0.5, 0.6) is 0 Å². The van der Waals surface area contributed by atoms with Gasteiger partial charge >= 0.3 is 0 Å². The van der Waals surface area contributed by atoms with Crippen molar-refractivity contribution in [1.29, 1.82) is 0 Å². The van der Waals surface area contributed by atoms with E-state index in [1.54, 1.807) is 7.11 Å². The number of nitrogens with one attached hydrogen (secondary N) is 1. The Morgan fingerprint density at radius 2 is 2.10 bits per heavy atom. The van der Waals surface area contributed by atoms with Gasteiger partial charge in [-0.3, -0.25) is 4.68 Å². The van der Waals surface area contributed by atoms with Gasteiger partial charge in [0.05, 0.1) is 18.8 Å². The molecule has 21 heavy (non-hydrogen) atoms. The van der Waals surface area contributed by atoms with E-state index >= 15 is 0 Å². The Morgan fingerprint density at radius 3 is 2.86 bits per heavy atom. The molecule has 1 fully saturated rings. The molecule has 0 amide bonds. The topological polar surface area (TPSA) is 39.1 Å². The smallest absolute Gasteiger partial charge is 0.0659 e. The number of benzene rings is 1. The maximum absolute atomic E-state index is 5.41. The van der Waals surface area contributed by atoms with Crippen LogP contribution < -0.4 is 5.32 Å². The Hall–Kier alpha value is -1.65. The monoisotopic (exact) mass is 285 g/mol. The molecule has 4 nitrogen and oxygen atoms in total. The van der Waals surface area contributed by atoms with Crippen LogP contribution in [0.2, 0.25) is 0 Å². The Balaban J connectivity index is 1.49. The zero-order chi connectivity index (χ0) is 14.5. The fourth-order valence-corrected chi connectivity index (χ4v) is 2.96. The highest BCUT2D eigenvalue weighted by molar-refractivity contribution is 5.15. The van der Waals surface area contributed by atoms with E-state index in [-0.39, 0.29) is 0 Å². The van der Waals surface area contributed by atoms with Crippen LogP contribution in [-0.2, 0) is 17.8 Å². The van der Waals surface area contributed by atoms with Crippen LogP contribution in [0.15, 0.2) is 42.7 Å². The molecule has 112 valence electrons. The fourth-order valence-electron chi connectivity index (χ4n) is 2.96. The summed E-state index contributed by atoms with van der Waals surface area (Å²) in [5.74, 6) is 0. The van der Waals surface area contributed by atoms with Gasteiger partial charge < -0.3 is 10.1 Å². The van der Waals surface area contributed by atoms with Crippen LogP contribution in [0.3, 0.4) is 0 Å². The van der Waals surface area contributed by atoms with E-state index in [0.717, 1.165) is 19.5 Å². The second-order valence-electron chi connectivity index (χ2n) is 5.78. The molecule has 0 aliphatic heterocycles. The summed E-state index contributed by atoms with van der Waals surface area (Å²) in [6, 6.07) is 11.0. The van der Waals surface area contributed by atoms with Gasteiger partial charge in [-0.15, -0.1) is 0 Å². The van der Waals surface area contributed by atoms with Gasteiger partial charge in [-0.05, 0) is 24.8 Å².